The van der Waals surface area contributed by atoms with Crippen LogP contribution in [0.4, 0.5) is 5.69 Å². The average Bonchev–Trinajstić information content (AvgIpc) is 2.99. The molecular weight excluding hydrogens is 276 g/mol. The minimum Gasteiger partial charge on any atom is -0.497 e. The Morgan fingerprint density at radius 2 is 1.68 bits per heavy atom. The SMILES string of the molecule is CCc1nnc(-c2ccc(OC)cc2)n1-c1ccc(N)cc1. The van der Waals surface area contributed by atoms with Crippen molar-refractivity contribution in [1.29, 1.82) is 0 Å². The van der Waals surface area contributed by atoms with Gasteiger partial charge in [0.1, 0.15) is 11.6 Å². The predicted octanol–water partition coefficient (Wildman–Crippen LogP) is 3.09. The number of hydrogen-bond donors (Lipinski definition) is 1. The van der Waals surface area contributed by atoms with E-state index in [9.17, 15) is 0 Å². The van der Waals surface area contributed by atoms with Gasteiger partial charge in [0, 0.05) is 23.4 Å². The Morgan fingerprint density at radius 1 is 1.00 bits per heavy atom. The molecule has 2 aromatic carbocycles. The summed E-state index contributed by atoms with van der Waals surface area (Å²) in [5.41, 5.74) is 8.51. The topological polar surface area (TPSA) is 66.0 Å². The van der Waals surface area contributed by atoms with Gasteiger partial charge >= 0.3 is 0 Å². The first-order valence-corrected chi connectivity index (χ1v) is 7.17. The second-order valence-corrected chi connectivity index (χ2v) is 4.95. The molecule has 3 rings (SSSR count). The van der Waals surface area contributed by atoms with Gasteiger partial charge in [-0.2, -0.15) is 0 Å². The minimum atomic E-state index is 0.737. The zero-order chi connectivity index (χ0) is 15.5. The molecule has 112 valence electrons. The maximum absolute atomic E-state index is 5.78. The highest BCUT2D eigenvalue weighted by Gasteiger charge is 2.14. The average molecular weight is 294 g/mol. The maximum Gasteiger partial charge on any atom is 0.168 e. The van der Waals surface area contributed by atoms with E-state index in [1.165, 1.54) is 0 Å². The maximum atomic E-state index is 5.78. The van der Waals surface area contributed by atoms with E-state index in [0.29, 0.717) is 0 Å². The van der Waals surface area contributed by atoms with Crippen LogP contribution in [0.1, 0.15) is 12.7 Å². The van der Waals surface area contributed by atoms with Crippen molar-refractivity contribution < 1.29 is 4.74 Å². The fourth-order valence-electron chi connectivity index (χ4n) is 2.37. The highest BCUT2D eigenvalue weighted by atomic mass is 16.5. The lowest BCUT2D eigenvalue weighted by atomic mass is 10.2. The highest BCUT2D eigenvalue weighted by Crippen LogP contribution is 2.25. The van der Waals surface area contributed by atoms with E-state index < -0.39 is 0 Å². The van der Waals surface area contributed by atoms with E-state index in [4.69, 9.17) is 10.5 Å². The lowest BCUT2D eigenvalue weighted by molar-refractivity contribution is 0.415. The fraction of sp³-hybridized carbons (Fsp3) is 0.176. The van der Waals surface area contributed by atoms with Gasteiger partial charge < -0.3 is 10.5 Å². The predicted molar refractivity (Wildman–Crippen MR) is 87.1 cm³/mol. The summed E-state index contributed by atoms with van der Waals surface area (Å²) in [6.45, 7) is 2.07. The van der Waals surface area contributed by atoms with Crippen molar-refractivity contribution in [1.82, 2.24) is 14.8 Å². The van der Waals surface area contributed by atoms with Crippen LogP contribution in [-0.2, 0) is 6.42 Å². The number of aryl methyl sites for hydroxylation is 1. The van der Waals surface area contributed by atoms with Gasteiger partial charge in [-0.15, -0.1) is 10.2 Å². The smallest absolute Gasteiger partial charge is 0.168 e. The molecule has 22 heavy (non-hydrogen) atoms. The van der Waals surface area contributed by atoms with Crippen molar-refractivity contribution in [2.24, 2.45) is 0 Å². The fourth-order valence-corrected chi connectivity index (χ4v) is 2.37. The van der Waals surface area contributed by atoms with Crippen molar-refractivity contribution in [2.75, 3.05) is 12.8 Å². The molecule has 0 aliphatic heterocycles. The van der Waals surface area contributed by atoms with E-state index in [0.717, 1.165) is 40.8 Å². The van der Waals surface area contributed by atoms with Gasteiger partial charge in [0.05, 0.1) is 7.11 Å². The molecule has 3 aromatic rings. The number of aromatic nitrogens is 3. The van der Waals surface area contributed by atoms with Gasteiger partial charge in [-0.3, -0.25) is 4.57 Å². The molecule has 0 amide bonds. The summed E-state index contributed by atoms with van der Waals surface area (Å²) in [7, 11) is 1.65. The summed E-state index contributed by atoms with van der Waals surface area (Å²) < 4.78 is 7.26. The number of nitrogens with zero attached hydrogens (tertiary/aromatic N) is 3. The third kappa shape index (κ3) is 2.53. The summed E-state index contributed by atoms with van der Waals surface area (Å²) in [5, 5.41) is 8.66. The Labute approximate surface area is 129 Å². The first kappa shape index (κ1) is 14.1. The lowest BCUT2D eigenvalue weighted by Gasteiger charge is -2.10. The summed E-state index contributed by atoms with van der Waals surface area (Å²) in [4.78, 5) is 0. The Morgan fingerprint density at radius 3 is 2.27 bits per heavy atom. The first-order chi connectivity index (χ1) is 10.7. The Hall–Kier alpha value is -2.82. The van der Waals surface area contributed by atoms with Gasteiger partial charge in [-0.05, 0) is 48.5 Å². The number of ether oxygens (including phenoxy) is 1. The molecule has 2 N–H and O–H groups in total. The van der Waals surface area contributed by atoms with E-state index >= 15 is 0 Å². The van der Waals surface area contributed by atoms with Crippen LogP contribution in [-0.4, -0.2) is 21.9 Å². The molecule has 0 aliphatic carbocycles. The molecule has 0 unspecified atom stereocenters. The van der Waals surface area contributed by atoms with E-state index in [1.807, 2.05) is 48.5 Å². The molecule has 0 fully saturated rings. The van der Waals surface area contributed by atoms with Crippen LogP contribution < -0.4 is 10.5 Å². The first-order valence-electron chi connectivity index (χ1n) is 7.17. The monoisotopic (exact) mass is 294 g/mol. The molecule has 0 bridgehead atoms. The van der Waals surface area contributed by atoms with Gasteiger partial charge in [-0.25, -0.2) is 0 Å². The quantitative estimate of drug-likeness (QED) is 0.751. The van der Waals surface area contributed by atoms with Crippen molar-refractivity contribution in [3.8, 4) is 22.8 Å². The second-order valence-electron chi connectivity index (χ2n) is 4.95. The van der Waals surface area contributed by atoms with Crippen molar-refractivity contribution >= 4 is 5.69 Å². The van der Waals surface area contributed by atoms with Crippen LogP contribution in [0.2, 0.25) is 0 Å². The third-order valence-electron chi connectivity index (χ3n) is 3.55. The molecule has 1 heterocycles. The molecule has 0 saturated heterocycles. The minimum absolute atomic E-state index is 0.737. The largest absolute Gasteiger partial charge is 0.497 e. The van der Waals surface area contributed by atoms with Crippen molar-refractivity contribution in [3.63, 3.8) is 0 Å². The molecule has 0 saturated carbocycles. The molecule has 0 aliphatic rings. The van der Waals surface area contributed by atoms with Crippen LogP contribution in [0, 0.1) is 0 Å². The summed E-state index contributed by atoms with van der Waals surface area (Å²) in [6, 6.07) is 15.5. The Bertz CT molecular complexity index is 760. The number of anilines is 1. The van der Waals surface area contributed by atoms with Crippen LogP contribution in [0.15, 0.2) is 48.5 Å². The van der Waals surface area contributed by atoms with E-state index in [-0.39, 0.29) is 0 Å². The van der Waals surface area contributed by atoms with Crippen molar-refractivity contribution in [3.05, 3.63) is 54.4 Å². The summed E-state index contributed by atoms with van der Waals surface area (Å²) in [6.07, 6.45) is 0.799. The van der Waals surface area contributed by atoms with E-state index in [1.54, 1.807) is 7.11 Å². The molecule has 5 heteroatoms. The van der Waals surface area contributed by atoms with Gasteiger partial charge in [0.15, 0.2) is 5.82 Å². The number of methoxy groups -OCH3 is 1. The summed E-state index contributed by atoms with van der Waals surface area (Å²) in [5.74, 6) is 2.54. The summed E-state index contributed by atoms with van der Waals surface area (Å²) >= 11 is 0. The number of benzene rings is 2. The third-order valence-corrected chi connectivity index (χ3v) is 3.55. The van der Waals surface area contributed by atoms with Crippen LogP contribution in [0.5, 0.6) is 5.75 Å². The molecule has 5 nitrogen and oxygen atoms in total. The van der Waals surface area contributed by atoms with Crippen molar-refractivity contribution in [2.45, 2.75) is 13.3 Å². The van der Waals surface area contributed by atoms with Crippen LogP contribution >= 0.6 is 0 Å². The second kappa shape index (κ2) is 5.89. The van der Waals surface area contributed by atoms with Gasteiger partial charge in [-0.1, -0.05) is 6.92 Å². The highest BCUT2D eigenvalue weighted by molar-refractivity contribution is 5.60. The number of nitrogen functional groups attached to an aromatic ring is 1. The lowest BCUT2D eigenvalue weighted by Crippen LogP contribution is -2.02. The van der Waals surface area contributed by atoms with Gasteiger partial charge in [0.2, 0.25) is 0 Å². The molecule has 0 radical (unpaired) electrons. The van der Waals surface area contributed by atoms with Crippen LogP contribution in [0.25, 0.3) is 17.1 Å². The molecule has 0 atom stereocenters. The van der Waals surface area contributed by atoms with Gasteiger partial charge in [0.25, 0.3) is 0 Å². The Balaban J connectivity index is 2.11. The van der Waals surface area contributed by atoms with E-state index in [2.05, 4.69) is 21.7 Å². The molecule has 0 spiro atoms. The zero-order valence-corrected chi connectivity index (χ0v) is 12.7. The standard InChI is InChI=1S/C17H18N4O/c1-3-16-19-20-17(12-4-10-15(22-2)11-5-12)21(16)14-8-6-13(18)7-9-14/h4-11H,3,18H2,1-2H3. The van der Waals surface area contributed by atoms with Crippen LogP contribution in [0.3, 0.4) is 0 Å². The zero-order valence-electron chi connectivity index (χ0n) is 12.7. The molecule has 1 aromatic heterocycles. The number of hydrogen-bond acceptors (Lipinski definition) is 4. The number of nitrogens with two attached hydrogens (primary N) is 1. The normalized spacial score (nSPS) is 10.6. The number of rotatable bonds is 4. The molecular formula is C17H18N4O. The Kier molecular flexibility index (Phi) is 3.78.